The van der Waals surface area contributed by atoms with Crippen LogP contribution in [0.4, 0.5) is 0 Å². The maximum atomic E-state index is 12.2. The van der Waals surface area contributed by atoms with E-state index in [1.54, 1.807) is 13.0 Å². The van der Waals surface area contributed by atoms with Crippen LogP contribution in [0.25, 0.3) is 0 Å². The summed E-state index contributed by atoms with van der Waals surface area (Å²) >= 11 is 4.87. The first-order valence-corrected chi connectivity index (χ1v) is 6.39. The van der Waals surface area contributed by atoms with Gasteiger partial charge in [0.2, 0.25) is 5.91 Å². The standard InChI is InChI=1S/C12H15N3O4S/c1-4-8(16)6(2)12(10(18)19-3)7(5-13)9(17)14-11(20)15-12/h6-7H,4H2,1-3H3,(H2,14,15,17,20)/t6-,7+,12-/m0/s1. The number of hydrogen-bond acceptors (Lipinski definition) is 6. The highest BCUT2D eigenvalue weighted by Gasteiger charge is 2.59. The normalized spacial score (nSPS) is 26.8. The van der Waals surface area contributed by atoms with Gasteiger partial charge in [0.25, 0.3) is 0 Å². The summed E-state index contributed by atoms with van der Waals surface area (Å²) in [7, 11) is 1.12. The number of carbonyl (C=O) groups excluding carboxylic acids is 3. The summed E-state index contributed by atoms with van der Waals surface area (Å²) < 4.78 is 4.69. The van der Waals surface area contributed by atoms with Crippen LogP contribution >= 0.6 is 12.2 Å². The number of Topliss-reactive ketones (excluding diaryl/α,β-unsaturated/α-hetero) is 1. The lowest BCUT2D eigenvalue weighted by atomic mass is 9.71. The molecule has 0 unspecified atom stereocenters. The Hall–Kier alpha value is -2.01. The minimum Gasteiger partial charge on any atom is -0.467 e. The van der Waals surface area contributed by atoms with E-state index in [1.807, 2.05) is 0 Å². The molecular formula is C12H15N3O4S. The Labute approximate surface area is 121 Å². The number of rotatable bonds is 4. The molecule has 108 valence electrons. The monoisotopic (exact) mass is 297 g/mol. The van der Waals surface area contributed by atoms with Crippen LogP contribution < -0.4 is 10.6 Å². The van der Waals surface area contributed by atoms with Crippen molar-refractivity contribution >= 4 is 35.0 Å². The van der Waals surface area contributed by atoms with E-state index in [1.165, 1.54) is 6.92 Å². The maximum Gasteiger partial charge on any atom is 0.334 e. The second-order valence-corrected chi connectivity index (χ2v) is 4.82. The van der Waals surface area contributed by atoms with Crippen LogP contribution in [0.1, 0.15) is 20.3 Å². The highest BCUT2D eigenvalue weighted by Crippen LogP contribution is 2.32. The van der Waals surface area contributed by atoms with Gasteiger partial charge in [0.15, 0.2) is 16.6 Å². The smallest absolute Gasteiger partial charge is 0.334 e. The zero-order valence-corrected chi connectivity index (χ0v) is 12.2. The number of methoxy groups -OCH3 is 1. The number of amides is 1. The van der Waals surface area contributed by atoms with Crippen molar-refractivity contribution in [3.05, 3.63) is 0 Å². The number of ketones is 1. The average Bonchev–Trinajstić information content (AvgIpc) is 2.43. The Bertz CT molecular complexity index is 513. The predicted octanol–water partition coefficient (Wildman–Crippen LogP) is -0.343. The Kier molecular flexibility index (Phi) is 4.78. The molecule has 0 aromatic carbocycles. The molecule has 1 amide bonds. The largest absolute Gasteiger partial charge is 0.467 e. The first-order chi connectivity index (χ1) is 9.34. The summed E-state index contributed by atoms with van der Waals surface area (Å²) in [5.74, 6) is -4.21. The first-order valence-electron chi connectivity index (χ1n) is 5.98. The molecule has 0 saturated carbocycles. The summed E-state index contributed by atoms with van der Waals surface area (Å²) in [6.45, 7) is 3.10. The van der Waals surface area contributed by atoms with Gasteiger partial charge >= 0.3 is 5.97 Å². The van der Waals surface area contributed by atoms with Crippen LogP contribution in [-0.2, 0) is 19.1 Å². The number of carbonyl (C=O) groups is 3. The van der Waals surface area contributed by atoms with Gasteiger partial charge in [0.1, 0.15) is 5.78 Å². The molecule has 0 spiro atoms. The van der Waals surface area contributed by atoms with Gasteiger partial charge in [-0.15, -0.1) is 0 Å². The fraction of sp³-hybridized carbons (Fsp3) is 0.583. The highest BCUT2D eigenvalue weighted by molar-refractivity contribution is 7.80. The molecule has 0 radical (unpaired) electrons. The Morgan fingerprint density at radius 1 is 1.60 bits per heavy atom. The number of nitrogens with zero attached hydrogens (tertiary/aromatic N) is 1. The zero-order chi connectivity index (χ0) is 15.5. The van der Waals surface area contributed by atoms with E-state index in [9.17, 15) is 19.6 Å². The van der Waals surface area contributed by atoms with Crippen LogP contribution in [0.5, 0.6) is 0 Å². The number of thiocarbonyl (C=S) groups is 1. The summed E-state index contributed by atoms with van der Waals surface area (Å²) in [5.41, 5.74) is -1.80. The number of esters is 1. The van der Waals surface area contributed by atoms with Gasteiger partial charge in [-0.1, -0.05) is 13.8 Å². The summed E-state index contributed by atoms with van der Waals surface area (Å²) in [6, 6.07) is 1.75. The topological polar surface area (TPSA) is 108 Å². The van der Waals surface area contributed by atoms with Crippen molar-refractivity contribution in [1.29, 1.82) is 5.26 Å². The molecular weight excluding hydrogens is 282 g/mol. The predicted molar refractivity (Wildman–Crippen MR) is 72.2 cm³/mol. The van der Waals surface area contributed by atoms with Gasteiger partial charge in [-0.05, 0) is 12.2 Å². The molecule has 0 aliphatic carbocycles. The first kappa shape index (κ1) is 16.0. The molecule has 1 aliphatic heterocycles. The van der Waals surface area contributed by atoms with E-state index in [2.05, 4.69) is 10.6 Å². The van der Waals surface area contributed by atoms with Gasteiger partial charge in [0, 0.05) is 6.42 Å². The van der Waals surface area contributed by atoms with Gasteiger partial charge in [-0.2, -0.15) is 5.26 Å². The van der Waals surface area contributed by atoms with E-state index < -0.39 is 29.3 Å². The fourth-order valence-electron chi connectivity index (χ4n) is 2.28. The highest BCUT2D eigenvalue weighted by atomic mass is 32.1. The number of ether oxygens (including phenoxy) is 1. The van der Waals surface area contributed by atoms with E-state index in [0.717, 1.165) is 7.11 Å². The van der Waals surface area contributed by atoms with Crippen LogP contribution in [0.3, 0.4) is 0 Å². The maximum absolute atomic E-state index is 12.2. The molecule has 0 bridgehead atoms. The molecule has 1 aliphatic rings. The minimum atomic E-state index is -1.80. The van der Waals surface area contributed by atoms with Gasteiger partial charge in [-0.3, -0.25) is 9.59 Å². The van der Waals surface area contributed by atoms with Crippen molar-refractivity contribution in [2.75, 3.05) is 7.11 Å². The summed E-state index contributed by atoms with van der Waals surface area (Å²) in [5, 5.41) is 14.0. The second-order valence-electron chi connectivity index (χ2n) is 4.41. The summed E-state index contributed by atoms with van der Waals surface area (Å²) in [4.78, 5) is 36.1. The minimum absolute atomic E-state index is 0.109. The zero-order valence-electron chi connectivity index (χ0n) is 11.4. The van der Waals surface area contributed by atoms with Crippen molar-refractivity contribution in [2.45, 2.75) is 25.8 Å². The lowest BCUT2D eigenvalue weighted by Crippen LogP contribution is -2.73. The molecule has 0 aromatic heterocycles. The third kappa shape index (κ3) is 2.36. The average molecular weight is 297 g/mol. The Morgan fingerprint density at radius 2 is 2.20 bits per heavy atom. The van der Waals surface area contributed by atoms with Gasteiger partial charge in [0.05, 0.1) is 19.1 Å². The molecule has 8 heteroatoms. The molecule has 20 heavy (non-hydrogen) atoms. The fourth-order valence-corrected chi connectivity index (χ4v) is 2.54. The molecule has 1 fully saturated rings. The third-order valence-corrected chi connectivity index (χ3v) is 3.65. The number of nitrogens with one attached hydrogen (secondary N) is 2. The SMILES string of the molecule is CCC(=O)[C@H](C)[C@]1(C(=O)OC)NC(=S)NC(=O)[C@H]1C#N. The molecule has 2 N–H and O–H groups in total. The van der Waals surface area contributed by atoms with Crippen molar-refractivity contribution in [1.82, 2.24) is 10.6 Å². The van der Waals surface area contributed by atoms with Crippen LogP contribution in [0.15, 0.2) is 0 Å². The summed E-state index contributed by atoms with van der Waals surface area (Å²) in [6.07, 6.45) is 0.161. The second kappa shape index (κ2) is 5.96. The number of nitriles is 1. The Balaban J connectivity index is 3.45. The number of hydrogen-bond donors (Lipinski definition) is 2. The molecule has 7 nitrogen and oxygen atoms in total. The van der Waals surface area contributed by atoms with E-state index in [0.29, 0.717) is 0 Å². The third-order valence-electron chi connectivity index (χ3n) is 3.44. The van der Waals surface area contributed by atoms with Crippen LogP contribution in [0, 0.1) is 23.2 Å². The van der Waals surface area contributed by atoms with Crippen molar-refractivity contribution in [3.8, 4) is 6.07 Å². The van der Waals surface area contributed by atoms with Crippen LogP contribution in [-0.4, -0.2) is 35.4 Å². The molecule has 1 rings (SSSR count). The Morgan fingerprint density at radius 3 is 2.65 bits per heavy atom. The molecule has 1 saturated heterocycles. The lowest BCUT2D eigenvalue weighted by Gasteiger charge is -2.42. The van der Waals surface area contributed by atoms with Crippen LogP contribution in [0.2, 0.25) is 0 Å². The van der Waals surface area contributed by atoms with Gasteiger partial charge < -0.3 is 15.4 Å². The molecule has 1 heterocycles. The quantitative estimate of drug-likeness (QED) is 0.539. The van der Waals surface area contributed by atoms with E-state index >= 15 is 0 Å². The van der Waals surface area contributed by atoms with Crippen molar-refractivity contribution in [3.63, 3.8) is 0 Å². The van der Waals surface area contributed by atoms with E-state index in [-0.39, 0.29) is 17.3 Å². The van der Waals surface area contributed by atoms with Crippen molar-refractivity contribution < 1.29 is 19.1 Å². The lowest BCUT2D eigenvalue weighted by molar-refractivity contribution is -0.158. The van der Waals surface area contributed by atoms with E-state index in [4.69, 9.17) is 17.0 Å². The van der Waals surface area contributed by atoms with Gasteiger partial charge in [-0.25, -0.2) is 4.79 Å². The molecule has 0 aromatic rings. The molecule has 3 atom stereocenters. The van der Waals surface area contributed by atoms with Crippen molar-refractivity contribution in [2.24, 2.45) is 11.8 Å².